The molecule has 2 amide bonds. The Bertz CT molecular complexity index is 859. The monoisotopic (exact) mass is 414 g/mol. The van der Waals surface area contributed by atoms with Crippen molar-refractivity contribution in [2.45, 2.75) is 32.2 Å². The number of hydrogen-bond donors (Lipinski definition) is 2. The summed E-state index contributed by atoms with van der Waals surface area (Å²) in [5.74, 6) is -0.492. The first kappa shape index (κ1) is 21.4. The maximum absolute atomic E-state index is 12.7. The predicted molar refractivity (Wildman–Crippen MR) is 109 cm³/mol. The van der Waals surface area contributed by atoms with Gasteiger partial charge in [-0.25, -0.2) is 9.59 Å². The molecule has 2 aliphatic rings. The molecule has 0 bridgehead atoms. The molecule has 2 atom stereocenters. The Labute approximate surface area is 175 Å². The van der Waals surface area contributed by atoms with Crippen molar-refractivity contribution in [1.29, 1.82) is 0 Å². The van der Waals surface area contributed by atoms with Crippen LogP contribution < -0.4 is 15.4 Å². The van der Waals surface area contributed by atoms with Gasteiger partial charge in [0.15, 0.2) is 0 Å². The Morgan fingerprint density at radius 3 is 2.53 bits per heavy atom. The maximum atomic E-state index is 12.7. The van der Waals surface area contributed by atoms with E-state index in [-0.39, 0.29) is 36.4 Å². The third-order valence-corrected chi connectivity index (χ3v) is 5.06. The van der Waals surface area contributed by atoms with Crippen LogP contribution in [0.1, 0.15) is 37.8 Å². The van der Waals surface area contributed by atoms with Crippen molar-refractivity contribution in [1.82, 2.24) is 10.6 Å². The second-order valence-electron chi connectivity index (χ2n) is 7.01. The van der Waals surface area contributed by atoms with Gasteiger partial charge in [0.2, 0.25) is 0 Å². The molecule has 0 fully saturated rings. The van der Waals surface area contributed by atoms with E-state index in [4.69, 9.17) is 14.2 Å². The molecular weight excluding hydrogens is 388 g/mol. The molecule has 2 N–H and O–H groups in total. The maximum Gasteiger partial charge on any atom is 0.338 e. The molecule has 0 aromatic heterocycles. The summed E-state index contributed by atoms with van der Waals surface area (Å²) in [5.41, 5.74) is 1.10. The van der Waals surface area contributed by atoms with Crippen LogP contribution in [0.5, 0.6) is 5.75 Å². The molecule has 1 aromatic rings. The number of benzene rings is 1. The lowest BCUT2D eigenvalue weighted by Gasteiger charge is -2.29. The fourth-order valence-electron chi connectivity index (χ4n) is 3.50. The van der Waals surface area contributed by atoms with E-state index in [0.29, 0.717) is 17.7 Å². The van der Waals surface area contributed by atoms with Crippen LogP contribution in [0.4, 0.5) is 4.79 Å². The van der Waals surface area contributed by atoms with Crippen molar-refractivity contribution in [3.05, 3.63) is 53.3 Å². The van der Waals surface area contributed by atoms with Gasteiger partial charge in [-0.3, -0.25) is 4.79 Å². The zero-order valence-electron chi connectivity index (χ0n) is 17.1. The van der Waals surface area contributed by atoms with Crippen molar-refractivity contribution < 1.29 is 28.6 Å². The topological polar surface area (TPSA) is 103 Å². The van der Waals surface area contributed by atoms with Crippen LogP contribution in [0.3, 0.4) is 0 Å². The van der Waals surface area contributed by atoms with Crippen LogP contribution in [-0.2, 0) is 19.1 Å². The molecule has 2 unspecified atom stereocenters. The van der Waals surface area contributed by atoms with Gasteiger partial charge in [-0.1, -0.05) is 24.3 Å². The highest BCUT2D eigenvalue weighted by Gasteiger charge is 2.34. The molecule has 1 aromatic carbocycles. The average molecular weight is 414 g/mol. The van der Waals surface area contributed by atoms with Gasteiger partial charge in [0.05, 0.1) is 36.9 Å². The largest absolute Gasteiger partial charge is 0.497 e. The molecule has 0 saturated heterocycles. The number of urea groups is 1. The van der Waals surface area contributed by atoms with Crippen LogP contribution in [-0.4, -0.2) is 38.3 Å². The predicted octanol–water partition coefficient (Wildman–Crippen LogP) is 2.77. The minimum absolute atomic E-state index is 0.174. The fraction of sp³-hybridized carbons (Fsp3) is 0.409. The van der Waals surface area contributed by atoms with E-state index in [1.165, 1.54) is 0 Å². The van der Waals surface area contributed by atoms with Crippen LogP contribution in [0.25, 0.3) is 0 Å². The van der Waals surface area contributed by atoms with Crippen molar-refractivity contribution >= 4 is 18.0 Å². The lowest BCUT2D eigenvalue weighted by atomic mass is 9.94. The molecule has 0 saturated carbocycles. The standard InChI is InChI=1S/C22H26N2O6/c1-3-29-21(26)18-17(13-30-20(25)15-7-5-4-6-8-15)23-22(27)24-19(18)14-9-11-16(28-2)12-10-14/h4-5,9-12,15,19H,3,6-8,13H2,1-2H3,(H2,23,24,27). The highest BCUT2D eigenvalue weighted by Crippen LogP contribution is 2.29. The highest BCUT2D eigenvalue weighted by atomic mass is 16.5. The van der Waals surface area contributed by atoms with E-state index in [9.17, 15) is 14.4 Å². The second kappa shape index (κ2) is 9.96. The normalized spacial score (nSPS) is 20.8. The van der Waals surface area contributed by atoms with Crippen molar-refractivity contribution in [2.75, 3.05) is 20.3 Å². The Kier molecular flexibility index (Phi) is 7.11. The van der Waals surface area contributed by atoms with Gasteiger partial charge in [-0.15, -0.1) is 0 Å². The summed E-state index contributed by atoms with van der Waals surface area (Å²) >= 11 is 0. The summed E-state index contributed by atoms with van der Waals surface area (Å²) in [7, 11) is 1.56. The van der Waals surface area contributed by atoms with Crippen molar-refractivity contribution in [3.8, 4) is 5.75 Å². The number of allylic oxidation sites excluding steroid dienone is 2. The summed E-state index contributed by atoms with van der Waals surface area (Å²) in [5, 5.41) is 5.34. The third-order valence-electron chi connectivity index (χ3n) is 5.06. The van der Waals surface area contributed by atoms with E-state index in [2.05, 4.69) is 10.6 Å². The Morgan fingerprint density at radius 2 is 1.90 bits per heavy atom. The minimum atomic E-state index is -0.741. The van der Waals surface area contributed by atoms with E-state index < -0.39 is 18.0 Å². The van der Waals surface area contributed by atoms with Gasteiger partial charge >= 0.3 is 18.0 Å². The Morgan fingerprint density at radius 1 is 1.13 bits per heavy atom. The molecule has 1 aliphatic carbocycles. The van der Waals surface area contributed by atoms with Gasteiger partial charge in [-0.05, 0) is 43.9 Å². The lowest BCUT2D eigenvalue weighted by Crippen LogP contribution is -2.47. The van der Waals surface area contributed by atoms with Gasteiger partial charge in [0, 0.05) is 0 Å². The summed E-state index contributed by atoms with van der Waals surface area (Å²) < 4.78 is 15.8. The summed E-state index contributed by atoms with van der Waals surface area (Å²) in [6, 6.07) is 5.76. The Hall–Kier alpha value is -3.29. The Balaban J connectivity index is 1.87. The van der Waals surface area contributed by atoms with E-state index in [0.717, 1.165) is 12.8 Å². The van der Waals surface area contributed by atoms with Gasteiger partial charge in [0.25, 0.3) is 0 Å². The van der Waals surface area contributed by atoms with Crippen molar-refractivity contribution in [2.24, 2.45) is 5.92 Å². The number of nitrogens with one attached hydrogen (secondary N) is 2. The second-order valence-corrected chi connectivity index (χ2v) is 7.01. The van der Waals surface area contributed by atoms with E-state index >= 15 is 0 Å². The molecule has 1 heterocycles. The quantitative estimate of drug-likeness (QED) is 0.525. The molecule has 8 heteroatoms. The van der Waals surface area contributed by atoms with Crippen LogP contribution >= 0.6 is 0 Å². The number of ether oxygens (including phenoxy) is 3. The van der Waals surface area contributed by atoms with Crippen molar-refractivity contribution in [3.63, 3.8) is 0 Å². The molecule has 0 radical (unpaired) electrons. The molecule has 8 nitrogen and oxygen atoms in total. The first-order valence-electron chi connectivity index (χ1n) is 9.96. The number of carbonyl (C=O) groups is 3. The zero-order valence-corrected chi connectivity index (χ0v) is 17.1. The van der Waals surface area contributed by atoms with Gasteiger partial charge in [0.1, 0.15) is 12.4 Å². The number of esters is 2. The third kappa shape index (κ3) is 5.00. The van der Waals surface area contributed by atoms with E-state index in [1.807, 2.05) is 12.2 Å². The first-order valence-corrected chi connectivity index (χ1v) is 9.96. The van der Waals surface area contributed by atoms with Crippen LogP contribution in [0, 0.1) is 5.92 Å². The molecule has 30 heavy (non-hydrogen) atoms. The van der Waals surface area contributed by atoms with Gasteiger partial charge in [-0.2, -0.15) is 0 Å². The lowest BCUT2D eigenvalue weighted by molar-refractivity contribution is -0.148. The summed E-state index contributed by atoms with van der Waals surface area (Å²) in [6.45, 7) is 1.66. The molecule has 0 spiro atoms. The molecular formula is C22H26N2O6. The van der Waals surface area contributed by atoms with E-state index in [1.54, 1.807) is 38.3 Å². The molecule has 1 aliphatic heterocycles. The minimum Gasteiger partial charge on any atom is -0.497 e. The highest BCUT2D eigenvalue weighted by molar-refractivity contribution is 5.95. The summed E-state index contributed by atoms with van der Waals surface area (Å²) in [4.78, 5) is 37.4. The smallest absolute Gasteiger partial charge is 0.338 e. The molecule has 160 valence electrons. The average Bonchev–Trinajstić information content (AvgIpc) is 2.77. The zero-order chi connectivity index (χ0) is 21.5. The molecule has 3 rings (SSSR count). The first-order chi connectivity index (χ1) is 14.5. The number of amides is 2. The van der Waals surface area contributed by atoms with Crippen LogP contribution in [0.2, 0.25) is 0 Å². The number of carbonyl (C=O) groups excluding carboxylic acids is 3. The SMILES string of the molecule is CCOC(=O)C1=C(COC(=O)C2CC=CCC2)NC(=O)NC1c1ccc(OC)cc1. The number of hydrogen-bond acceptors (Lipinski definition) is 6. The fourth-order valence-corrected chi connectivity index (χ4v) is 3.50. The van der Waals surface area contributed by atoms with Gasteiger partial charge < -0.3 is 24.8 Å². The summed E-state index contributed by atoms with van der Waals surface area (Å²) in [6.07, 6.45) is 6.19. The number of methoxy groups -OCH3 is 1. The number of rotatable bonds is 7. The van der Waals surface area contributed by atoms with Crippen LogP contribution in [0.15, 0.2) is 47.7 Å².